The van der Waals surface area contributed by atoms with Crippen LogP contribution < -0.4 is 10.5 Å². The minimum Gasteiger partial charge on any atom is -0.355 e. The highest BCUT2D eigenvalue weighted by Gasteiger charge is 2.27. The molecule has 1 aliphatic heterocycles. The molecule has 2 aliphatic rings. The van der Waals surface area contributed by atoms with Crippen LogP contribution in [0.15, 0.2) is 29.3 Å². The van der Waals surface area contributed by atoms with E-state index in [0.29, 0.717) is 18.4 Å². The molecule has 5 rings (SSSR count). The molecule has 7 heteroatoms. The summed E-state index contributed by atoms with van der Waals surface area (Å²) in [5.41, 5.74) is 4.18. The first-order chi connectivity index (χ1) is 13.2. The molecule has 0 aromatic carbocycles. The molecule has 0 amide bonds. The zero-order valence-corrected chi connectivity index (χ0v) is 15.6. The van der Waals surface area contributed by atoms with Crippen molar-refractivity contribution in [3.63, 3.8) is 0 Å². The Hall–Kier alpha value is -2.70. The highest BCUT2D eigenvalue weighted by atomic mass is 16.1. The van der Waals surface area contributed by atoms with E-state index in [0.717, 1.165) is 54.2 Å². The fourth-order valence-electron chi connectivity index (χ4n) is 4.06. The van der Waals surface area contributed by atoms with Gasteiger partial charge in [0.15, 0.2) is 5.82 Å². The highest BCUT2D eigenvalue weighted by molar-refractivity contribution is 5.86. The minimum absolute atomic E-state index is 0.0150. The molecule has 3 aromatic rings. The van der Waals surface area contributed by atoms with Crippen molar-refractivity contribution in [2.24, 2.45) is 5.92 Å². The van der Waals surface area contributed by atoms with Crippen LogP contribution in [0.25, 0.3) is 11.0 Å². The lowest BCUT2D eigenvalue weighted by Gasteiger charge is -2.33. The summed E-state index contributed by atoms with van der Waals surface area (Å²) in [6.45, 7) is 4.63. The fourth-order valence-corrected chi connectivity index (χ4v) is 4.06. The van der Waals surface area contributed by atoms with Crippen molar-refractivity contribution in [1.29, 1.82) is 0 Å². The zero-order chi connectivity index (χ0) is 18.4. The highest BCUT2D eigenvalue weighted by Crippen LogP contribution is 2.38. The Bertz CT molecular complexity index is 1030. The second kappa shape index (κ2) is 6.48. The van der Waals surface area contributed by atoms with Gasteiger partial charge in [0.05, 0.1) is 11.2 Å². The Labute approximate surface area is 157 Å². The number of hydrogen-bond acceptors (Lipinski definition) is 5. The number of H-pyrrole nitrogens is 1. The van der Waals surface area contributed by atoms with E-state index in [1.807, 2.05) is 13.0 Å². The maximum Gasteiger partial charge on any atom is 0.266 e. The maximum atomic E-state index is 12.2. The molecule has 0 unspecified atom stereocenters. The van der Waals surface area contributed by atoms with Gasteiger partial charge in [-0.25, -0.2) is 14.6 Å². The minimum atomic E-state index is 0.0150. The second-order valence-electron chi connectivity index (χ2n) is 7.89. The van der Waals surface area contributed by atoms with Gasteiger partial charge < -0.3 is 9.88 Å². The molecule has 4 heterocycles. The van der Waals surface area contributed by atoms with Crippen LogP contribution in [0.1, 0.15) is 43.0 Å². The van der Waals surface area contributed by atoms with Gasteiger partial charge in [-0.3, -0.25) is 4.79 Å². The molecule has 140 valence electrons. The zero-order valence-electron chi connectivity index (χ0n) is 15.6. The molecule has 0 spiro atoms. The number of piperidine rings is 1. The van der Waals surface area contributed by atoms with Crippen molar-refractivity contribution in [3.8, 4) is 0 Å². The first-order valence-corrected chi connectivity index (χ1v) is 9.81. The molecule has 0 atom stereocenters. The monoisotopic (exact) mass is 364 g/mol. The molecule has 1 saturated heterocycles. The number of aromatic nitrogens is 5. The van der Waals surface area contributed by atoms with Gasteiger partial charge in [0.2, 0.25) is 0 Å². The van der Waals surface area contributed by atoms with Crippen LogP contribution in [0.4, 0.5) is 5.82 Å². The smallest absolute Gasteiger partial charge is 0.266 e. The number of nitrogens with zero attached hydrogens (tertiary/aromatic N) is 5. The van der Waals surface area contributed by atoms with E-state index in [-0.39, 0.29) is 5.56 Å². The number of aryl methyl sites for hydroxylation is 1. The molecule has 0 bridgehead atoms. The third-order valence-corrected chi connectivity index (χ3v) is 5.76. The van der Waals surface area contributed by atoms with Gasteiger partial charge in [0.1, 0.15) is 11.8 Å². The van der Waals surface area contributed by atoms with Crippen LogP contribution in [-0.2, 0) is 6.54 Å². The van der Waals surface area contributed by atoms with Gasteiger partial charge in [0.25, 0.3) is 5.56 Å². The van der Waals surface area contributed by atoms with Crippen molar-refractivity contribution < 1.29 is 0 Å². The fraction of sp³-hybridized carbons (Fsp3) is 0.500. The molecule has 3 aromatic heterocycles. The third kappa shape index (κ3) is 3.22. The van der Waals surface area contributed by atoms with Gasteiger partial charge >= 0.3 is 0 Å². The summed E-state index contributed by atoms with van der Waals surface area (Å²) < 4.78 is 1.69. The van der Waals surface area contributed by atoms with E-state index >= 15 is 0 Å². The van der Waals surface area contributed by atoms with E-state index in [1.54, 1.807) is 17.1 Å². The SMILES string of the molecule is Cc1cc2ncnc(N3CCC(Cn4nc(C5CC5)ccc4=O)CC3)c2[nH]1. The van der Waals surface area contributed by atoms with Crippen molar-refractivity contribution in [2.45, 2.75) is 45.1 Å². The van der Waals surface area contributed by atoms with Crippen LogP contribution >= 0.6 is 0 Å². The number of anilines is 1. The number of hydrogen-bond donors (Lipinski definition) is 1. The molecule has 1 N–H and O–H groups in total. The van der Waals surface area contributed by atoms with E-state index < -0.39 is 0 Å². The largest absolute Gasteiger partial charge is 0.355 e. The number of aromatic amines is 1. The Morgan fingerprint density at radius 1 is 1.15 bits per heavy atom. The van der Waals surface area contributed by atoms with Crippen molar-refractivity contribution in [1.82, 2.24) is 24.7 Å². The topological polar surface area (TPSA) is 79.7 Å². The van der Waals surface area contributed by atoms with Gasteiger partial charge in [-0.15, -0.1) is 0 Å². The first-order valence-electron chi connectivity index (χ1n) is 9.81. The first kappa shape index (κ1) is 16.5. The van der Waals surface area contributed by atoms with Crippen molar-refractivity contribution >= 4 is 16.9 Å². The average Bonchev–Trinajstić information content (AvgIpc) is 3.44. The van der Waals surface area contributed by atoms with Crippen LogP contribution in [0.3, 0.4) is 0 Å². The molecule has 1 aliphatic carbocycles. The molecule has 0 radical (unpaired) electrons. The van der Waals surface area contributed by atoms with Crippen LogP contribution in [0.5, 0.6) is 0 Å². The summed E-state index contributed by atoms with van der Waals surface area (Å²) in [6.07, 6.45) is 6.12. The maximum absolute atomic E-state index is 12.2. The number of nitrogens with one attached hydrogen (secondary N) is 1. The quantitative estimate of drug-likeness (QED) is 0.770. The molecule has 27 heavy (non-hydrogen) atoms. The summed E-state index contributed by atoms with van der Waals surface area (Å²) in [7, 11) is 0. The lowest BCUT2D eigenvalue weighted by molar-refractivity contribution is 0.333. The van der Waals surface area contributed by atoms with E-state index in [9.17, 15) is 4.79 Å². The predicted molar refractivity (Wildman–Crippen MR) is 104 cm³/mol. The van der Waals surface area contributed by atoms with E-state index in [1.165, 1.54) is 12.8 Å². The summed E-state index contributed by atoms with van der Waals surface area (Å²) in [6, 6.07) is 5.64. The standard InChI is InChI=1S/C20H24N6O/c1-13-10-17-19(23-13)20(22-12-21-17)25-8-6-14(7-9-25)11-26-18(27)5-4-16(24-26)15-2-3-15/h4-5,10,12,14-15,23H,2-3,6-9,11H2,1H3. The molecule has 2 fully saturated rings. The van der Waals surface area contributed by atoms with Gasteiger partial charge in [-0.2, -0.15) is 5.10 Å². The summed E-state index contributed by atoms with van der Waals surface area (Å²) >= 11 is 0. The summed E-state index contributed by atoms with van der Waals surface area (Å²) in [4.78, 5) is 26.8. The Morgan fingerprint density at radius 3 is 2.74 bits per heavy atom. The average molecular weight is 364 g/mol. The van der Waals surface area contributed by atoms with E-state index in [2.05, 4.69) is 31.0 Å². The Morgan fingerprint density at radius 2 is 1.96 bits per heavy atom. The van der Waals surface area contributed by atoms with Crippen molar-refractivity contribution in [3.05, 3.63) is 46.3 Å². The predicted octanol–water partition coefficient (Wildman–Crippen LogP) is 2.62. The van der Waals surface area contributed by atoms with Gasteiger partial charge in [-0.1, -0.05) is 0 Å². The van der Waals surface area contributed by atoms with Gasteiger partial charge in [-0.05, 0) is 50.7 Å². The number of rotatable bonds is 4. The lowest BCUT2D eigenvalue weighted by Crippen LogP contribution is -2.37. The normalized spacial score (nSPS) is 18.3. The molecular weight excluding hydrogens is 340 g/mol. The molecular formula is C20H24N6O. The summed E-state index contributed by atoms with van der Waals surface area (Å²) in [5, 5.41) is 4.61. The second-order valence-corrected chi connectivity index (χ2v) is 7.89. The summed E-state index contributed by atoms with van der Waals surface area (Å²) in [5.74, 6) is 2.03. The van der Waals surface area contributed by atoms with Crippen molar-refractivity contribution in [2.75, 3.05) is 18.0 Å². The van der Waals surface area contributed by atoms with E-state index in [4.69, 9.17) is 0 Å². The van der Waals surface area contributed by atoms with Gasteiger partial charge in [0, 0.05) is 37.3 Å². The van der Waals surface area contributed by atoms with Crippen LogP contribution in [0.2, 0.25) is 0 Å². The molecule has 7 nitrogen and oxygen atoms in total. The van der Waals surface area contributed by atoms with Crippen LogP contribution in [-0.4, -0.2) is 37.8 Å². The lowest BCUT2D eigenvalue weighted by atomic mass is 9.97. The van der Waals surface area contributed by atoms with Crippen LogP contribution in [0, 0.1) is 12.8 Å². The number of fused-ring (bicyclic) bond motifs is 1. The Balaban J connectivity index is 1.29. The molecule has 1 saturated carbocycles. The Kier molecular flexibility index (Phi) is 3.95. The third-order valence-electron chi connectivity index (χ3n) is 5.76.